The zero-order valence-corrected chi connectivity index (χ0v) is 7.90. The van der Waals surface area contributed by atoms with Gasteiger partial charge in [-0.25, -0.2) is 4.42 Å². The van der Waals surface area contributed by atoms with Crippen molar-refractivity contribution >= 4 is 47.4 Å². The molecular weight excluding hydrogens is 204 g/mol. The molecule has 0 unspecified atom stereocenters. The fourth-order valence-electron chi connectivity index (χ4n) is 0.295. The molecule has 0 rings (SSSR count). The molecule has 0 aromatic carbocycles. The van der Waals surface area contributed by atoms with E-state index in [-0.39, 0.29) is 12.4 Å². The molecule has 0 fully saturated rings. The third-order valence-electron chi connectivity index (χ3n) is 0.654. The minimum Gasteiger partial charge on any atom is -0.218 e. The van der Waals surface area contributed by atoms with Gasteiger partial charge >= 0.3 is 0 Å². The first kappa shape index (κ1) is 12.8. The normalized spacial score (nSPS) is 9.33. The number of halogens is 4. The van der Waals surface area contributed by atoms with Crippen LogP contribution in [0.2, 0.25) is 0 Å². The fourth-order valence-corrected chi connectivity index (χ4v) is 1.05. The zero-order chi connectivity index (χ0) is 6.41. The highest BCUT2D eigenvalue weighted by molar-refractivity contribution is 6.20. The van der Waals surface area contributed by atoms with Crippen molar-refractivity contribution in [3.63, 3.8) is 0 Å². The van der Waals surface area contributed by atoms with Gasteiger partial charge in [0.2, 0.25) is 0 Å². The van der Waals surface area contributed by atoms with E-state index in [1.807, 2.05) is 0 Å². The second-order valence-corrected chi connectivity index (χ2v) is 2.52. The van der Waals surface area contributed by atoms with Gasteiger partial charge in [0.1, 0.15) is 0 Å². The molecule has 0 amide bonds. The Morgan fingerprint density at radius 3 is 1.56 bits per heavy atom. The van der Waals surface area contributed by atoms with Crippen molar-refractivity contribution < 1.29 is 0 Å². The molecule has 0 spiro atoms. The van der Waals surface area contributed by atoms with Crippen molar-refractivity contribution in [2.24, 2.45) is 0 Å². The Hall–Kier alpha value is 1.12. The first-order valence-corrected chi connectivity index (χ1v) is 3.74. The van der Waals surface area contributed by atoms with E-state index in [1.54, 1.807) is 4.42 Å². The molecule has 0 heterocycles. The molecule has 0 saturated carbocycles. The highest BCUT2D eigenvalue weighted by atomic mass is 35.5. The molecule has 0 aromatic rings. The summed E-state index contributed by atoms with van der Waals surface area (Å²) in [4.78, 5) is 0. The van der Waals surface area contributed by atoms with Crippen molar-refractivity contribution in [3.05, 3.63) is 0 Å². The second-order valence-electron chi connectivity index (χ2n) is 1.29. The maximum Gasteiger partial charge on any atom is 0.0364 e. The van der Waals surface area contributed by atoms with Gasteiger partial charge in [-0.2, -0.15) is 0 Å². The monoisotopic (exact) mass is 211 g/mol. The number of hydrogen-bond acceptors (Lipinski definition) is 1. The van der Waals surface area contributed by atoms with Gasteiger partial charge in [0.15, 0.2) is 0 Å². The van der Waals surface area contributed by atoms with E-state index in [2.05, 4.69) is 0 Å². The SMILES string of the molecule is Cl.ClCCN(Cl)CCCl. The number of alkyl halides is 2. The fraction of sp³-hybridized carbons (Fsp3) is 1.00. The molecule has 0 aliphatic rings. The summed E-state index contributed by atoms with van der Waals surface area (Å²) >= 11 is 16.3. The molecule has 0 aliphatic carbocycles. The van der Waals surface area contributed by atoms with Crippen LogP contribution >= 0.6 is 47.4 Å². The van der Waals surface area contributed by atoms with Crippen molar-refractivity contribution in [2.45, 2.75) is 0 Å². The van der Waals surface area contributed by atoms with E-state index in [4.69, 9.17) is 35.0 Å². The van der Waals surface area contributed by atoms with Gasteiger partial charge in [-0.3, -0.25) is 0 Å². The molecule has 0 saturated heterocycles. The van der Waals surface area contributed by atoms with Gasteiger partial charge in [0, 0.05) is 24.8 Å². The topological polar surface area (TPSA) is 3.24 Å². The van der Waals surface area contributed by atoms with E-state index < -0.39 is 0 Å². The van der Waals surface area contributed by atoms with Crippen LogP contribution in [0, 0.1) is 0 Å². The van der Waals surface area contributed by atoms with E-state index in [1.165, 1.54) is 0 Å². The zero-order valence-electron chi connectivity index (χ0n) is 4.82. The molecule has 0 N–H and O–H groups in total. The van der Waals surface area contributed by atoms with Crippen LogP contribution in [-0.4, -0.2) is 29.3 Å². The van der Waals surface area contributed by atoms with E-state index in [0.29, 0.717) is 24.8 Å². The average molecular weight is 213 g/mol. The summed E-state index contributed by atoms with van der Waals surface area (Å²) in [5.74, 6) is 1.11. The van der Waals surface area contributed by atoms with Gasteiger partial charge in [-0.15, -0.1) is 35.6 Å². The number of nitrogens with zero attached hydrogens (tertiary/aromatic N) is 1. The number of rotatable bonds is 4. The molecular formula is C4H9Cl4N. The van der Waals surface area contributed by atoms with E-state index >= 15 is 0 Å². The molecule has 1 nitrogen and oxygen atoms in total. The lowest BCUT2D eigenvalue weighted by atomic mass is 10.7. The highest BCUT2D eigenvalue weighted by Gasteiger charge is 1.95. The summed E-state index contributed by atoms with van der Waals surface area (Å²) < 4.78 is 1.57. The Balaban J connectivity index is 0. The van der Waals surface area contributed by atoms with Gasteiger partial charge in [-0.05, 0) is 11.8 Å². The third-order valence-corrected chi connectivity index (χ3v) is 1.33. The maximum absolute atomic E-state index is 5.55. The molecule has 0 bridgehead atoms. The molecule has 0 aromatic heterocycles. The Kier molecular flexibility index (Phi) is 12.9. The summed E-state index contributed by atoms with van der Waals surface area (Å²) in [6, 6.07) is 0. The lowest BCUT2D eigenvalue weighted by molar-refractivity contribution is 0.513. The second kappa shape index (κ2) is 9.12. The lowest BCUT2D eigenvalue weighted by Crippen LogP contribution is -2.16. The van der Waals surface area contributed by atoms with Crippen molar-refractivity contribution in [2.75, 3.05) is 24.8 Å². The van der Waals surface area contributed by atoms with Crippen LogP contribution in [0.15, 0.2) is 0 Å². The van der Waals surface area contributed by atoms with E-state index in [9.17, 15) is 0 Å². The molecule has 0 atom stereocenters. The minimum atomic E-state index is 0. The maximum atomic E-state index is 5.55. The van der Waals surface area contributed by atoms with Crippen LogP contribution < -0.4 is 0 Å². The molecule has 0 radical (unpaired) electrons. The van der Waals surface area contributed by atoms with Crippen LogP contribution in [0.3, 0.4) is 0 Å². The molecule has 9 heavy (non-hydrogen) atoms. The summed E-state index contributed by atoms with van der Waals surface area (Å²) in [6.45, 7) is 1.38. The van der Waals surface area contributed by atoms with Crippen molar-refractivity contribution in [3.8, 4) is 0 Å². The van der Waals surface area contributed by atoms with Crippen LogP contribution in [0.4, 0.5) is 0 Å². The smallest absolute Gasteiger partial charge is 0.0364 e. The van der Waals surface area contributed by atoms with Crippen molar-refractivity contribution in [1.82, 2.24) is 4.42 Å². The molecule has 0 aliphatic heterocycles. The van der Waals surface area contributed by atoms with Crippen LogP contribution in [0.1, 0.15) is 0 Å². The Morgan fingerprint density at radius 1 is 1.00 bits per heavy atom. The first-order valence-electron chi connectivity index (χ1n) is 2.34. The summed E-state index contributed by atoms with van der Waals surface area (Å²) in [5.41, 5.74) is 0. The van der Waals surface area contributed by atoms with Crippen molar-refractivity contribution in [1.29, 1.82) is 0 Å². The third kappa shape index (κ3) is 9.12. The highest BCUT2D eigenvalue weighted by Crippen LogP contribution is 1.94. The van der Waals surface area contributed by atoms with Gasteiger partial charge in [0.25, 0.3) is 0 Å². The predicted octanol–water partition coefficient (Wildman–Crippen LogP) is 2.34. The minimum absolute atomic E-state index is 0. The average Bonchev–Trinajstić information content (AvgIpc) is 1.68. The Morgan fingerprint density at radius 2 is 1.33 bits per heavy atom. The van der Waals surface area contributed by atoms with Gasteiger partial charge < -0.3 is 0 Å². The molecule has 58 valence electrons. The predicted molar refractivity (Wildman–Crippen MR) is 46.1 cm³/mol. The summed E-state index contributed by atoms with van der Waals surface area (Å²) in [7, 11) is 0. The Bertz CT molecular complexity index is 45.8. The van der Waals surface area contributed by atoms with Crippen LogP contribution in [-0.2, 0) is 0 Å². The molecule has 5 heteroatoms. The van der Waals surface area contributed by atoms with Crippen LogP contribution in [0.25, 0.3) is 0 Å². The van der Waals surface area contributed by atoms with E-state index in [0.717, 1.165) is 0 Å². The van der Waals surface area contributed by atoms with Gasteiger partial charge in [-0.1, -0.05) is 0 Å². The lowest BCUT2D eigenvalue weighted by Gasteiger charge is -2.07. The summed E-state index contributed by atoms with van der Waals surface area (Å²) in [5, 5.41) is 0. The first-order chi connectivity index (χ1) is 3.81. The standard InChI is InChI=1S/C4H8Cl3N.ClH/c5-1-3-8(7)4-2-6;/h1-4H2;1H. The van der Waals surface area contributed by atoms with Gasteiger partial charge in [0.05, 0.1) is 0 Å². The van der Waals surface area contributed by atoms with Crippen LogP contribution in [0.5, 0.6) is 0 Å². The Labute approximate surface area is 76.8 Å². The summed E-state index contributed by atoms with van der Waals surface area (Å²) in [6.07, 6.45) is 0. The quantitative estimate of drug-likeness (QED) is 0.511. The largest absolute Gasteiger partial charge is 0.218 e. The number of hydrogen-bond donors (Lipinski definition) is 0.